The van der Waals surface area contributed by atoms with Crippen molar-refractivity contribution in [1.82, 2.24) is 0 Å². The summed E-state index contributed by atoms with van der Waals surface area (Å²) in [6, 6.07) is 12.0. The molecule has 0 aliphatic rings. The van der Waals surface area contributed by atoms with E-state index < -0.39 is 6.10 Å². The monoisotopic (exact) mass is 216 g/mol. The normalized spacial score (nSPS) is 12.6. The van der Waals surface area contributed by atoms with Crippen molar-refractivity contribution in [2.24, 2.45) is 0 Å². The van der Waals surface area contributed by atoms with E-state index in [0.29, 0.717) is 12.2 Å². The van der Waals surface area contributed by atoms with E-state index in [-0.39, 0.29) is 0 Å². The van der Waals surface area contributed by atoms with Gasteiger partial charge in [0.25, 0.3) is 0 Å². The average Bonchev–Trinajstić information content (AvgIpc) is 2.79. The second-order valence-corrected chi connectivity index (χ2v) is 4.06. The van der Waals surface area contributed by atoms with Crippen molar-refractivity contribution in [1.29, 1.82) is 0 Å². The summed E-state index contributed by atoms with van der Waals surface area (Å²) in [4.78, 5) is 0. The van der Waals surface area contributed by atoms with E-state index in [1.807, 2.05) is 6.07 Å². The molecule has 1 aromatic carbocycles. The number of benzene rings is 1. The summed E-state index contributed by atoms with van der Waals surface area (Å²) in [5.41, 5.74) is 2.51. The van der Waals surface area contributed by atoms with Gasteiger partial charge in [-0.2, -0.15) is 0 Å². The first-order valence-corrected chi connectivity index (χ1v) is 5.53. The summed E-state index contributed by atoms with van der Waals surface area (Å²) in [5, 5.41) is 9.85. The van der Waals surface area contributed by atoms with Crippen molar-refractivity contribution >= 4 is 0 Å². The molecular weight excluding hydrogens is 200 g/mol. The highest BCUT2D eigenvalue weighted by molar-refractivity contribution is 5.22. The van der Waals surface area contributed by atoms with E-state index in [9.17, 15) is 5.11 Å². The zero-order chi connectivity index (χ0) is 11.4. The Kier molecular flexibility index (Phi) is 3.42. The topological polar surface area (TPSA) is 33.4 Å². The Morgan fingerprint density at radius 2 is 2.12 bits per heavy atom. The number of hydrogen-bond donors (Lipinski definition) is 1. The first-order valence-electron chi connectivity index (χ1n) is 5.53. The van der Waals surface area contributed by atoms with Crippen LogP contribution in [0.1, 0.15) is 29.4 Å². The summed E-state index contributed by atoms with van der Waals surface area (Å²) in [6.45, 7) is 2.08. The van der Waals surface area contributed by atoms with Crippen LogP contribution < -0.4 is 0 Å². The molecule has 1 N–H and O–H groups in total. The van der Waals surface area contributed by atoms with E-state index in [1.165, 1.54) is 11.1 Å². The standard InChI is InChI=1S/C14H16O2/c1-11-4-2-5-12(10-11)7-8-13(15)14-6-3-9-16-14/h2-6,9-10,13,15H,7-8H2,1H3. The van der Waals surface area contributed by atoms with Gasteiger partial charge in [0.1, 0.15) is 11.9 Å². The largest absolute Gasteiger partial charge is 0.467 e. The lowest BCUT2D eigenvalue weighted by atomic mass is 10.0. The van der Waals surface area contributed by atoms with Gasteiger partial charge < -0.3 is 9.52 Å². The minimum Gasteiger partial charge on any atom is -0.467 e. The fourth-order valence-corrected chi connectivity index (χ4v) is 1.79. The number of aryl methyl sites for hydroxylation is 2. The molecule has 0 aliphatic heterocycles. The molecule has 0 fully saturated rings. The Bertz CT molecular complexity index is 432. The molecule has 2 nitrogen and oxygen atoms in total. The van der Waals surface area contributed by atoms with Gasteiger partial charge in [-0.05, 0) is 37.5 Å². The molecule has 0 aliphatic carbocycles. The summed E-state index contributed by atoms with van der Waals surface area (Å²) >= 11 is 0. The zero-order valence-corrected chi connectivity index (χ0v) is 9.39. The van der Waals surface area contributed by atoms with Crippen LogP contribution in [-0.4, -0.2) is 5.11 Å². The predicted octanol–water partition coefficient (Wildman–Crippen LogP) is 3.25. The predicted molar refractivity (Wildman–Crippen MR) is 63.2 cm³/mol. The summed E-state index contributed by atoms with van der Waals surface area (Å²) in [5.74, 6) is 0.646. The summed E-state index contributed by atoms with van der Waals surface area (Å²) in [7, 11) is 0. The maximum Gasteiger partial charge on any atom is 0.132 e. The molecule has 0 saturated heterocycles. The van der Waals surface area contributed by atoms with Crippen LogP contribution >= 0.6 is 0 Å². The van der Waals surface area contributed by atoms with Crippen LogP contribution in [0, 0.1) is 6.92 Å². The van der Waals surface area contributed by atoms with Crippen LogP contribution in [0.15, 0.2) is 47.1 Å². The van der Waals surface area contributed by atoms with Crippen LogP contribution in [0.25, 0.3) is 0 Å². The fourth-order valence-electron chi connectivity index (χ4n) is 1.79. The molecule has 84 valence electrons. The third-order valence-electron chi connectivity index (χ3n) is 2.66. The SMILES string of the molecule is Cc1cccc(CCC(O)c2ccco2)c1. The van der Waals surface area contributed by atoms with Crippen molar-refractivity contribution in [3.63, 3.8) is 0 Å². The zero-order valence-electron chi connectivity index (χ0n) is 9.39. The molecule has 0 spiro atoms. The Hall–Kier alpha value is -1.54. The summed E-state index contributed by atoms with van der Waals surface area (Å²) in [6.07, 6.45) is 2.64. The number of rotatable bonds is 4. The smallest absolute Gasteiger partial charge is 0.132 e. The molecule has 1 atom stereocenters. The van der Waals surface area contributed by atoms with Gasteiger partial charge in [-0.25, -0.2) is 0 Å². The van der Waals surface area contributed by atoms with Crippen LogP contribution in [-0.2, 0) is 6.42 Å². The lowest BCUT2D eigenvalue weighted by molar-refractivity contribution is 0.140. The van der Waals surface area contributed by atoms with Gasteiger partial charge in [-0.3, -0.25) is 0 Å². The van der Waals surface area contributed by atoms with Crippen LogP contribution in [0.5, 0.6) is 0 Å². The third-order valence-corrected chi connectivity index (χ3v) is 2.66. The Labute approximate surface area is 95.5 Å². The Morgan fingerprint density at radius 1 is 1.25 bits per heavy atom. The Balaban J connectivity index is 1.92. The Morgan fingerprint density at radius 3 is 2.81 bits per heavy atom. The highest BCUT2D eigenvalue weighted by Crippen LogP contribution is 2.19. The van der Waals surface area contributed by atoms with Crippen molar-refractivity contribution in [3.8, 4) is 0 Å². The molecule has 1 unspecified atom stereocenters. The molecular formula is C14H16O2. The van der Waals surface area contributed by atoms with Crippen molar-refractivity contribution in [2.45, 2.75) is 25.9 Å². The van der Waals surface area contributed by atoms with Gasteiger partial charge in [0.15, 0.2) is 0 Å². The first kappa shape index (κ1) is 11.0. The summed E-state index contributed by atoms with van der Waals surface area (Å²) < 4.78 is 5.16. The van der Waals surface area contributed by atoms with Crippen molar-refractivity contribution in [2.75, 3.05) is 0 Å². The van der Waals surface area contributed by atoms with Gasteiger partial charge in [0.05, 0.1) is 6.26 Å². The van der Waals surface area contributed by atoms with Gasteiger partial charge in [-0.15, -0.1) is 0 Å². The van der Waals surface area contributed by atoms with Crippen molar-refractivity contribution in [3.05, 3.63) is 59.5 Å². The number of hydrogen-bond acceptors (Lipinski definition) is 2. The molecule has 0 amide bonds. The molecule has 1 heterocycles. The molecule has 0 bridgehead atoms. The van der Waals surface area contributed by atoms with Gasteiger partial charge >= 0.3 is 0 Å². The van der Waals surface area contributed by atoms with E-state index in [1.54, 1.807) is 18.4 Å². The van der Waals surface area contributed by atoms with Gasteiger partial charge in [0, 0.05) is 0 Å². The maximum absolute atomic E-state index is 9.85. The average molecular weight is 216 g/mol. The number of aliphatic hydroxyl groups is 1. The lowest BCUT2D eigenvalue weighted by Crippen LogP contribution is -1.98. The molecule has 0 saturated carbocycles. The fraction of sp³-hybridized carbons (Fsp3) is 0.286. The van der Waals surface area contributed by atoms with Gasteiger partial charge in [-0.1, -0.05) is 29.8 Å². The van der Waals surface area contributed by atoms with Gasteiger partial charge in [0.2, 0.25) is 0 Å². The number of furan rings is 1. The number of aliphatic hydroxyl groups excluding tert-OH is 1. The molecule has 2 rings (SSSR count). The minimum absolute atomic E-state index is 0.504. The van der Waals surface area contributed by atoms with E-state index in [4.69, 9.17) is 4.42 Å². The first-order chi connectivity index (χ1) is 7.75. The second kappa shape index (κ2) is 4.99. The molecule has 1 aromatic heterocycles. The van der Waals surface area contributed by atoms with Crippen LogP contribution in [0.3, 0.4) is 0 Å². The van der Waals surface area contributed by atoms with E-state index in [0.717, 1.165) is 6.42 Å². The highest BCUT2D eigenvalue weighted by atomic mass is 16.4. The van der Waals surface area contributed by atoms with E-state index in [2.05, 4.69) is 25.1 Å². The minimum atomic E-state index is -0.504. The lowest BCUT2D eigenvalue weighted by Gasteiger charge is -2.07. The van der Waals surface area contributed by atoms with Crippen LogP contribution in [0.2, 0.25) is 0 Å². The molecule has 16 heavy (non-hydrogen) atoms. The maximum atomic E-state index is 9.85. The molecule has 0 radical (unpaired) electrons. The molecule has 2 aromatic rings. The second-order valence-electron chi connectivity index (χ2n) is 4.06. The quantitative estimate of drug-likeness (QED) is 0.851. The molecule has 2 heteroatoms. The van der Waals surface area contributed by atoms with Crippen LogP contribution in [0.4, 0.5) is 0 Å². The van der Waals surface area contributed by atoms with Crippen molar-refractivity contribution < 1.29 is 9.52 Å². The third kappa shape index (κ3) is 2.74. The van der Waals surface area contributed by atoms with E-state index >= 15 is 0 Å². The highest BCUT2D eigenvalue weighted by Gasteiger charge is 2.09.